The van der Waals surface area contributed by atoms with E-state index in [1.54, 1.807) is 18.2 Å². The Morgan fingerprint density at radius 1 is 0.926 bits per heavy atom. The number of nitrogens with one attached hydrogen (secondary N) is 1. The van der Waals surface area contributed by atoms with E-state index in [0.717, 1.165) is 16.8 Å². The van der Waals surface area contributed by atoms with Crippen LogP contribution in [0.5, 0.6) is 0 Å². The van der Waals surface area contributed by atoms with E-state index in [4.69, 9.17) is 11.6 Å². The van der Waals surface area contributed by atoms with Crippen LogP contribution in [0.1, 0.15) is 27.9 Å². The number of carbonyl (C=O) groups excluding carboxylic acids is 2. The Labute approximate surface area is 163 Å². The zero-order valence-electron chi connectivity index (χ0n) is 14.6. The smallest absolute Gasteiger partial charge is 0.235 e. The molecule has 0 aromatic heterocycles. The normalized spacial score (nSPS) is 18.0. The van der Waals surface area contributed by atoms with E-state index in [1.807, 2.05) is 60.7 Å². The first-order chi connectivity index (χ1) is 13.1. The fraction of sp³-hybridized carbons (Fsp3) is 0.130. The van der Waals surface area contributed by atoms with E-state index in [2.05, 4.69) is 5.32 Å². The molecular formula is C23H18ClNO2. The SMILES string of the molecule is O=C(C[C@]1(Cc2cccc(Cl)c2)C(=O)Nc2ccccc21)c1ccccc1. The summed E-state index contributed by atoms with van der Waals surface area (Å²) in [5.74, 6) is -0.197. The van der Waals surface area contributed by atoms with Crippen LogP contribution in [0, 0.1) is 0 Å². The van der Waals surface area contributed by atoms with Crippen molar-refractivity contribution in [3.8, 4) is 0 Å². The molecule has 0 unspecified atom stereocenters. The number of carbonyl (C=O) groups is 2. The summed E-state index contributed by atoms with van der Waals surface area (Å²) >= 11 is 6.15. The molecule has 134 valence electrons. The molecule has 1 amide bonds. The highest BCUT2D eigenvalue weighted by Crippen LogP contribution is 2.43. The Hall–Kier alpha value is -2.91. The molecule has 1 aliphatic rings. The second-order valence-electron chi connectivity index (χ2n) is 6.85. The summed E-state index contributed by atoms with van der Waals surface area (Å²) in [6.45, 7) is 0. The summed E-state index contributed by atoms with van der Waals surface area (Å²) in [4.78, 5) is 26.1. The number of benzene rings is 3. The monoisotopic (exact) mass is 375 g/mol. The van der Waals surface area contributed by atoms with Crippen molar-refractivity contribution in [3.05, 3.63) is 101 Å². The highest BCUT2D eigenvalue weighted by Gasteiger charge is 2.48. The summed E-state index contributed by atoms with van der Waals surface area (Å²) in [6, 6.07) is 24.2. The molecule has 0 aliphatic carbocycles. The Kier molecular flexibility index (Phi) is 4.54. The molecule has 1 aliphatic heterocycles. The van der Waals surface area contributed by atoms with Gasteiger partial charge in [-0.3, -0.25) is 9.59 Å². The van der Waals surface area contributed by atoms with Gasteiger partial charge < -0.3 is 5.32 Å². The van der Waals surface area contributed by atoms with Crippen molar-refractivity contribution < 1.29 is 9.59 Å². The van der Waals surface area contributed by atoms with Crippen LogP contribution in [0.15, 0.2) is 78.9 Å². The van der Waals surface area contributed by atoms with E-state index >= 15 is 0 Å². The van der Waals surface area contributed by atoms with Gasteiger partial charge in [-0.2, -0.15) is 0 Å². The number of hydrogen-bond donors (Lipinski definition) is 1. The minimum absolute atomic E-state index is 0.0514. The summed E-state index contributed by atoms with van der Waals surface area (Å²) in [6.07, 6.45) is 0.515. The molecule has 0 radical (unpaired) electrons. The molecule has 0 saturated heterocycles. The molecule has 4 rings (SSSR count). The largest absolute Gasteiger partial charge is 0.325 e. The van der Waals surface area contributed by atoms with E-state index in [1.165, 1.54) is 0 Å². The summed E-state index contributed by atoms with van der Waals surface area (Å²) in [5, 5.41) is 3.57. The van der Waals surface area contributed by atoms with Gasteiger partial charge in [0, 0.05) is 22.7 Å². The van der Waals surface area contributed by atoms with E-state index < -0.39 is 5.41 Å². The van der Waals surface area contributed by atoms with Crippen LogP contribution in [-0.4, -0.2) is 11.7 Å². The highest BCUT2D eigenvalue weighted by atomic mass is 35.5. The number of anilines is 1. The minimum atomic E-state index is -0.950. The van der Waals surface area contributed by atoms with Gasteiger partial charge in [-0.1, -0.05) is 72.3 Å². The van der Waals surface area contributed by atoms with Crippen LogP contribution < -0.4 is 5.32 Å². The van der Waals surface area contributed by atoms with Gasteiger partial charge in [-0.25, -0.2) is 0 Å². The average Bonchev–Trinajstić information content (AvgIpc) is 2.94. The molecule has 3 aromatic carbocycles. The lowest BCUT2D eigenvalue weighted by Gasteiger charge is -2.27. The van der Waals surface area contributed by atoms with Gasteiger partial charge in [0.15, 0.2) is 5.78 Å². The van der Waals surface area contributed by atoms with E-state index in [9.17, 15) is 9.59 Å². The molecule has 3 nitrogen and oxygen atoms in total. The predicted octanol–water partition coefficient (Wildman–Crippen LogP) is 5.05. The maximum Gasteiger partial charge on any atom is 0.235 e. The number of hydrogen-bond acceptors (Lipinski definition) is 2. The summed E-state index contributed by atoms with van der Waals surface area (Å²) < 4.78 is 0. The zero-order chi connectivity index (χ0) is 18.9. The molecule has 0 bridgehead atoms. The third-order valence-corrected chi connectivity index (χ3v) is 5.31. The third-order valence-electron chi connectivity index (χ3n) is 5.08. The molecule has 0 fully saturated rings. The average molecular weight is 376 g/mol. The second-order valence-corrected chi connectivity index (χ2v) is 7.29. The molecule has 1 atom stereocenters. The molecule has 1 heterocycles. The van der Waals surface area contributed by atoms with Crippen LogP contribution in [0.4, 0.5) is 5.69 Å². The van der Waals surface area contributed by atoms with Crippen LogP contribution in [0.2, 0.25) is 5.02 Å². The number of halogens is 1. The highest BCUT2D eigenvalue weighted by molar-refractivity contribution is 6.30. The van der Waals surface area contributed by atoms with Gasteiger partial charge in [0.05, 0.1) is 5.41 Å². The van der Waals surface area contributed by atoms with Crippen LogP contribution in [0.25, 0.3) is 0 Å². The van der Waals surface area contributed by atoms with Crippen molar-refractivity contribution >= 4 is 29.0 Å². The standard InChI is InChI=1S/C23H18ClNO2/c24-18-10-6-7-16(13-18)14-23(15-21(26)17-8-2-1-3-9-17)19-11-4-5-12-20(19)25-22(23)27/h1-13H,14-15H2,(H,25,27)/t23-/m0/s1. The fourth-order valence-electron chi connectivity index (χ4n) is 3.78. The van der Waals surface area contributed by atoms with Crippen molar-refractivity contribution in [2.75, 3.05) is 5.32 Å². The van der Waals surface area contributed by atoms with E-state index in [0.29, 0.717) is 17.0 Å². The Balaban J connectivity index is 1.78. The first-order valence-electron chi connectivity index (χ1n) is 8.82. The first-order valence-corrected chi connectivity index (χ1v) is 9.20. The van der Waals surface area contributed by atoms with Gasteiger partial charge in [-0.05, 0) is 35.7 Å². The third kappa shape index (κ3) is 3.26. The maximum atomic E-state index is 13.1. The van der Waals surface area contributed by atoms with Crippen molar-refractivity contribution in [2.45, 2.75) is 18.3 Å². The van der Waals surface area contributed by atoms with Gasteiger partial charge >= 0.3 is 0 Å². The lowest BCUT2D eigenvalue weighted by molar-refractivity contribution is -0.120. The molecule has 3 aromatic rings. The number of rotatable bonds is 5. The quantitative estimate of drug-likeness (QED) is 0.634. The maximum absolute atomic E-state index is 13.1. The lowest BCUT2D eigenvalue weighted by Crippen LogP contribution is -2.39. The minimum Gasteiger partial charge on any atom is -0.325 e. The summed E-state index contributed by atoms with van der Waals surface area (Å²) in [7, 11) is 0. The van der Waals surface area contributed by atoms with E-state index in [-0.39, 0.29) is 18.1 Å². The van der Waals surface area contributed by atoms with Gasteiger partial charge in [0.2, 0.25) is 5.91 Å². The lowest BCUT2D eigenvalue weighted by atomic mass is 9.72. The Morgan fingerprint density at radius 2 is 1.67 bits per heavy atom. The number of para-hydroxylation sites is 1. The van der Waals surface area contributed by atoms with Crippen molar-refractivity contribution in [1.82, 2.24) is 0 Å². The van der Waals surface area contributed by atoms with Crippen LogP contribution >= 0.6 is 11.6 Å². The number of ketones is 1. The molecular weight excluding hydrogens is 358 g/mol. The Morgan fingerprint density at radius 3 is 2.44 bits per heavy atom. The molecule has 4 heteroatoms. The van der Waals surface area contributed by atoms with Crippen LogP contribution in [0.3, 0.4) is 0 Å². The fourth-order valence-corrected chi connectivity index (χ4v) is 4.00. The molecule has 1 N–H and O–H groups in total. The van der Waals surface area contributed by atoms with Crippen molar-refractivity contribution in [3.63, 3.8) is 0 Å². The topological polar surface area (TPSA) is 46.2 Å². The van der Waals surface area contributed by atoms with Crippen molar-refractivity contribution in [2.24, 2.45) is 0 Å². The number of Topliss-reactive ketones (excluding diaryl/α,β-unsaturated/α-hetero) is 1. The molecule has 27 heavy (non-hydrogen) atoms. The first kappa shape index (κ1) is 17.5. The van der Waals surface area contributed by atoms with Gasteiger partial charge in [0.25, 0.3) is 0 Å². The second kappa shape index (κ2) is 7.01. The number of fused-ring (bicyclic) bond motifs is 1. The molecule has 0 saturated carbocycles. The zero-order valence-corrected chi connectivity index (χ0v) is 15.4. The van der Waals surface area contributed by atoms with Crippen LogP contribution in [-0.2, 0) is 16.6 Å². The van der Waals surface area contributed by atoms with Gasteiger partial charge in [0.1, 0.15) is 0 Å². The van der Waals surface area contributed by atoms with Gasteiger partial charge in [-0.15, -0.1) is 0 Å². The Bertz CT molecular complexity index is 1020. The molecule has 0 spiro atoms. The number of amides is 1. The predicted molar refractivity (Wildman–Crippen MR) is 107 cm³/mol. The summed E-state index contributed by atoms with van der Waals surface area (Å²) in [5.41, 5.74) is 2.22. The van der Waals surface area contributed by atoms with Crippen molar-refractivity contribution in [1.29, 1.82) is 0 Å².